The Morgan fingerprint density at radius 1 is 1.00 bits per heavy atom. The zero-order valence-electron chi connectivity index (χ0n) is 10.1. The third-order valence-electron chi connectivity index (χ3n) is 2.29. The van der Waals surface area contributed by atoms with E-state index in [1.807, 2.05) is 0 Å². The number of aldehydes is 1. The van der Waals surface area contributed by atoms with E-state index in [1.165, 1.54) is 30.0 Å². The summed E-state index contributed by atoms with van der Waals surface area (Å²) in [6.45, 7) is 0. The number of benzene rings is 2. The lowest BCUT2D eigenvalue weighted by Crippen LogP contribution is -2.17. The van der Waals surface area contributed by atoms with Crippen molar-refractivity contribution in [2.45, 2.75) is 16.2 Å². The van der Waals surface area contributed by atoms with Crippen molar-refractivity contribution in [3.8, 4) is 5.75 Å². The molecule has 2 aromatic rings. The van der Waals surface area contributed by atoms with Crippen molar-refractivity contribution in [2.24, 2.45) is 0 Å². The van der Waals surface area contributed by atoms with Gasteiger partial charge in [-0.25, -0.2) is 0 Å². The van der Waals surface area contributed by atoms with Crippen LogP contribution in [0, 0.1) is 0 Å². The second-order valence-electron chi connectivity index (χ2n) is 3.81. The van der Waals surface area contributed by atoms with Crippen molar-refractivity contribution < 1.29 is 22.7 Å². The summed E-state index contributed by atoms with van der Waals surface area (Å²) in [6.07, 6.45) is -3.97. The Kier molecular flexibility index (Phi) is 4.34. The molecule has 0 amide bonds. The minimum absolute atomic E-state index is 0.257. The van der Waals surface area contributed by atoms with Crippen LogP contribution in [0.4, 0.5) is 13.2 Å². The molecule has 104 valence electrons. The molecule has 0 aromatic heterocycles. The van der Waals surface area contributed by atoms with Gasteiger partial charge in [-0.05, 0) is 30.3 Å². The molecular formula is C14H9F3O2S. The van der Waals surface area contributed by atoms with E-state index in [2.05, 4.69) is 4.74 Å². The van der Waals surface area contributed by atoms with Gasteiger partial charge in [-0.2, -0.15) is 0 Å². The second-order valence-corrected chi connectivity index (χ2v) is 4.96. The van der Waals surface area contributed by atoms with E-state index in [0.29, 0.717) is 10.5 Å². The van der Waals surface area contributed by atoms with Gasteiger partial charge in [-0.15, -0.1) is 13.2 Å². The van der Waals surface area contributed by atoms with Gasteiger partial charge in [0.15, 0.2) is 0 Å². The van der Waals surface area contributed by atoms with Crippen LogP contribution in [0.15, 0.2) is 58.3 Å². The smallest absolute Gasteiger partial charge is 0.406 e. The predicted molar refractivity (Wildman–Crippen MR) is 69.1 cm³/mol. The first kappa shape index (κ1) is 14.5. The largest absolute Gasteiger partial charge is 0.573 e. The van der Waals surface area contributed by atoms with Gasteiger partial charge in [0.25, 0.3) is 0 Å². The van der Waals surface area contributed by atoms with Crippen molar-refractivity contribution in [3.05, 3.63) is 54.1 Å². The van der Waals surface area contributed by atoms with Gasteiger partial charge in [0.05, 0.1) is 0 Å². The van der Waals surface area contributed by atoms with Crippen LogP contribution >= 0.6 is 11.8 Å². The van der Waals surface area contributed by atoms with Crippen LogP contribution in [0.3, 0.4) is 0 Å². The van der Waals surface area contributed by atoms with E-state index in [1.54, 1.807) is 30.3 Å². The molecule has 0 heterocycles. The van der Waals surface area contributed by atoms with Crippen LogP contribution in [-0.4, -0.2) is 12.6 Å². The molecule has 0 radical (unpaired) electrons. The normalized spacial score (nSPS) is 11.2. The molecule has 0 saturated heterocycles. The molecule has 2 rings (SSSR count). The van der Waals surface area contributed by atoms with Crippen molar-refractivity contribution in [2.75, 3.05) is 0 Å². The highest BCUT2D eigenvalue weighted by atomic mass is 32.2. The van der Waals surface area contributed by atoms with Crippen LogP contribution in [0.5, 0.6) is 5.75 Å². The van der Waals surface area contributed by atoms with Crippen molar-refractivity contribution in [1.29, 1.82) is 0 Å². The zero-order valence-corrected chi connectivity index (χ0v) is 10.9. The van der Waals surface area contributed by atoms with Crippen LogP contribution in [-0.2, 0) is 0 Å². The minimum Gasteiger partial charge on any atom is -0.406 e. The van der Waals surface area contributed by atoms with Crippen LogP contribution in [0.25, 0.3) is 0 Å². The maximum atomic E-state index is 12.1. The summed E-state index contributed by atoms with van der Waals surface area (Å²) in [5, 5.41) is 0. The average molecular weight is 298 g/mol. The van der Waals surface area contributed by atoms with E-state index in [9.17, 15) is 18.0 Å². The molecule has 0 unspecified atom stereocenters. The van der Waals surface area contributed by atoms with Gasteiger partial charge in [0.1, 0.15) is 12.0 Å². The third kappa shape index (κ3) is 4.31. The van der Waals surface area contributed by atoms with Crippen LogP contribution < -0.4 is 4.74 Å². The Bertz CT molecular complexity index is 594. The van der Waals surface area contributed by atoms with Gasteiger partial charge in [0.2, 0.25) is 0 Å². The monoisotopic (exact) mass is 298 g/mol. The molecule has 2 nitrogen and oxygen atoms in total. The molecule has 0 saturated carbocycles. The first-order valence-electron chi connectivity index (χ1n) is 5.55. The molecule has 0 fully saturated rings. The zero-order chi connectivity index (χ0) is 14.6. The molecule has 20 heavy (non-hydrogen) atoms. The maximum absolute atomic E-state index is 12.1. The Morgan fingerprint density at radius 2 is 1.70 bits per heavy atom. The second kappa shape index (κ2) is 6.00. The number of carbonyl (C=O) groups is 1. The number of carbonyl (C=O) groups excluding carboxylic acids is 1. The molecule has 0 aliphatic heterocycles. The maximum Gasteiger partial charge on any atom is 0.573 e. The van der Waals surface area contributed by atoms with E-state index < -0.39 is 6.36 Å². The lowest BCUT2D eigenvalue weighted by atomic mass is 10.2. The summed E-state index contributed by atoms with van der Waals surface area (Å²) in [5.41, 5.74) is 0.545. The van der Waals surface area contributed by atoms with Gasteiger partial charge in [0, 0.05) is 15.4 Å². The Balaban J connectivity index is 2.12. The van der Waals surface area contributed by atoms with Gasteiger partial charge in [-0.1, -0.05) is 30.0 Å². The SMILES string of the molecule is O=Cc1ccc(Sc2cccc(OC(F)(F)F)c2)cc1. The summed E-state index contributed by atoms with van der Waals surface area (Å²) < 4.78 is 40.2. The topological polar surface area (TPSA) is 26.3 Å². The summed E-state index contributed by atoms with van der Waals surface area (Å²) >= 11 is 1.28. The fourth-order valence-electron chi connectivity index (χ4n) is 1.49. The first-order chi connectivity index (χ1) is 9.46. The van der Waals surface area contributed by atoms with Crippen molar-refractivity contribution in [3.63, 3.8) is 0 Å². The van der Waals surface area contributed by atoms with E-state index in [-0.39, 0.29) is 5.75 Å². The lowest BCUT2D eigenvalue weighted by molar-refractivity contribution is -0.274. The molecule has 0 aliphatic rings. The minimum atomic E-state index is -4.70. The summed E-state index contributed by atoms with van der Waals surface area (Å²) in [4.78, 5) is 12.0. The standard InChI is InChI=1S/C14H9F3O2S/c15-14(16,17)19-11-2-1-3-13(8-11)20-12-6-4-10(9-18)5-7-12/h1-9H. The molecular weight excluding hydrogens is 289 g/mol. The Hall–Kier alpha value is -1.95. The van der Waals surface area contributed by atoms with Crippen LogP contribution in [0.1, 0.15) is 10.4 Å². The first-order valence-corrected chi connectivity index (χ1v) is 6.37. The molecule has 0 N–H and O–H groups in total. The van der Waals surface area contributed by atoms with Crippen LogP contribution in [0.2, 0.25) is 0 Å². The number of alkyl halides is 3. The fraction of sp³-hybridized carbons (Fsp3) is 0.0714. The molecule has 0 spiro atoms. The molecule has 0 aliphatic carbocycles. The molecule has 0 atom stereocenters. The van der Waals surface area contributed by atoms with Gasteiger partial charge >= 0.3 is 6.36 Å². The van der Waals surface area contributed by atoms with Gasteiger partial charge in [-0.3, -0.25) is 4.79 Å². The van der Waals surface area contributed by atoms with E-state index >= 15 is 0 Å². The molecule has 6 heteroatoms. The third-order valence-corrected chi connectivity index (χ3v) is 3.29. The number of rotatable bonds is 4. The number of hydrogen-bond acceptors (Lipinski definition) is 3. The number of hydrogen-bond donors (Lipinski definition) is 0. The fourth-order valence-corrected chi connectivity index (χ4v) is 2.35. The number of ether oxygens (including phenoxy) is 1. The van der Waals surface area contributed by atoms with Gasteiger partial charge < -0.3 is 4.74 Å². The molecule has 2 aromatic carbocycles. The summed E-state index contributed by atoms with van der Waals surface area (Å²) in [6, 6.07) is 12.5. The Labute approximate surface area is 117 Å². The lowest BCUT2D eigenvalue weighted by Gasteiger charge is -2.09. The highest BCUT2D eigenvalue weighted by molar-refractivity contribution is 7.99. The van der Waals surface area contributed by atoms with E-state index in [4.69, 9.17) is 0 Å². The Morgan fingerprint density at radius 3 is 2.30 bits per heavy atom. The quantitative estimate of drug-likeness (QED) is 0.775. The van der Waals surface area contributed by atoms with Crippen molar-refractivity contribution >= 4 is 18.0 Å². The summed E-state index contributed by atoms with van der Waals surface area (Å²) in [5.74, 6) is -0.257. The average Bonchev–Trinajstić information content (AvgIpc) is 2.38. The van der Waals surface area contributed by atoms with Crippen molar-refractivity contribution in [1.82, 2.24) is 0 Å². The van der Waals surface area contributed by atoms with E-state index in [0.717, 1.165) is 11.2 Å². The highest BCUT2D eigenvalue weighted by Crippen LogP contribution is 2.31. The predicted octanol–water partition coefficient (Wildman–Crippen LogP) is 4.55. The molecule has 0 bridgehead atoms. The number of halogens is 3. The highest BCUT2D eigenvalue weighted by Gasteiger charge is 2.31. The summed E-state index contributed by atoms with van der Waals surface area (Å²) in [7, 11) is 0.